The molecule has 0 fully saturated rings. The van der Waals surface area contributed by atoms with Gasteiger partial charge in [0.25, 0.3) is 10.1 Å². The molecule has 0 radical (unpaired) electrons. The summed E-state index contributed by atoms with van der Waals surface area (Å²) in [6.45, 7) is 2.68. The molecule has 0 bridgehead atoms. The van der Waals surface area contributed by atoms with Gasteiger partial charge in [-0.25, -0.2) is 0 Å². The van der Waals surface area contributed by atoms with Crippen LogP contribution < -0.4 is 0 Å². The summed E-state index contributed by atoms with van der Waals surface area (Å²) in [6, 6.07) is 0. The van der Waals surface area contributed by atoms with Gasteiger partial charge >= 0.3 is 115 Å². The minimum absolute atomic E-state index is 0. The molecule has 200 valence electrons. The Morgan fingerprint density at radius 2 is 1.09 bits per heavy atom. The van der Waals surface area contributed by atoms with Gasteiger partial charge in [0.15, 0.2) is 5.25 Å². The second kappa shape index (κ2) is 29.1. The predicted octanol–water partition coefficient (Wildman–Crippen LogP) is 4.24. The van der Waals surface area contributed by atoms with Crippen molar-refractivity contribution in [2.45, 2.75) is 121 Å². The third kappa shape index (κ3) is 28.9. The molecular weight excluding hydrogens is 527 g/mol. The summed E-state index contributed by atoms with van der Waals surface area (Å²) in [5.74, 6) is -2.81. The van der Waals surface area contributed by atoms with E-state index in [1.807, 2.05) is 0 Å². The van der Waals surface area contributed by atoms with Crippen molar-refractivity contribution in [3.05, 3.63) is 0 Å². The van der Waals surface area contributed by atoms with E-state index in [2.05, 4.69) is 6.92 Å². The van der Waals surface area contributed by atoms with Crippen molar-refractivity contribution in [2.75, 3.05) is 19.8 Å². The molecule has 8 nitrogen and oxygen atoms in total. The molecule has 0 amide bonds. The van der Waals surface area contributed by atoms with Crippen LogP contribution in [0.2, 0.25) is 0 Å². The number of unbranched alkanes of at least 4 members (excludes halogenated alkanes) is 15. The Bertz CT molecular complexity index is 602. The molecule has 1 unspecified atom stereocenters. The van der Waals surface area contributed by atoms with Crippen LogP contribution in [-0.4, -0.2) is 158 Å². The summed E-state index contributed by atoms with van der Waals surface area (Å²) in [7, 11) is -4.83. The van der Waals surface area contributed by atoms with Crippen LogP contribution in [0, 0.1) is 0 Å². The number of esters is 1. The van der Waals surface area contributed by atoms with Crippen molar-refractivity contribution in [3.8, 4) is 0 Å². The van der Waals surface area contributed by atoms with Gasteiger partial charge in [-0.3, -0.25) is 14.1 Å². The average molecular weight is 575 g/mol. The Morgan fingerprint density at radius 3 is 1.46 bits per heavy atom. The Morgan fingerprint density at radius 1 is 0.686 bits per heavy atom. The molecule has 11 heteroatoms. The van der Waals surface area contributed by atoms with Crippen molar-refractivity contribution in [2.24, 2.45) is 0 Å². The SMILES string of the molecule is CCCCCCCCCCCCCCCCCCOCCOC(=O)C(CC(=O)O)S(=O)(=O)O.[KH].[KH]. The van der Waals surface area contributed by atoms with Gasteiger partial charge in [0.1, 0.15) is 6.61 Å². The number of hydrogen-bond acceptors (Lipinski definition) is 6. The molecule has 0 aromatic carbocycles. The van der Waals surface area contributed by atoms with E-state index >= 15 is 0 Å². The van der Waals surface area contributed by atoms with Crippen LogP contribution in [0.3, 0.4) is 0 Å². The number of carboxylic acids is 1. The molecule has 0 heterocycles. The van der Waals surface area contributed by atoms with Crippen LogP contribution in [-0.2, 0) is 29.2 Å². The van der Waals surface area contributed by atoms with E-state index in [1.165, 1.54) is 89.9 Å². The van der Waals surface area contributed by atoms with Gasteiger partial charge in [-0.2, -0.15) is 8.42 Å². The molecule has 0 spiro atoms. The summed E-state index contributed by atoms with van der Waals surface area (Å²) in [6.07, 6.45) is 19.6. The zero-order valence-corrected chi connectivity index (χ0v) is 21.3. The Balaban J connectivity index is -0.00000512. The molecule has 35 heavy (non-hydrogen) atoms. The number of carbonyl (C=O) groups is 2. The fraction of sp³-hybridized carbons (Fsp3) is 0.917. The number of ether oxygens (including phenoxy) is 2. The minimum atomic E-state index is -4.83. The van der Waals surface area contributed by atoms with Crippen molar-refractivity contribution in [1.29, 1.82) is 0 Å². The van der Waals surface area contributed by atoms with Crippen LogP contribution in [0.5, 0.6) is 0 Å². The molecule has 0 saturated heterocycles. The Kier molecular flexibility index (Phi) is 34.5. The third-order valence-electron chi connectivity index (χ3n) is 5.60. The number of carboxylic acid groups (broad SMARTS) is 1. The second-order valence-electron chi connectivity index (χ2n) is 8.68. The van der Waals surface area contributed by atoms with E-state index in [4.69, 9.17) is 19.1 Å². The summed E-state index contributed by atoms with van der Waals surface area (Å²) in [5, 5.41) is 6.51. The van der Waals surface area contributed by atoms with Crippen molar-refractivity contribution in [1.82, 2.24) is 0 Å². The van der Waals surface area contributed by atoms with Gasteiger partial charge in [-0.15, -0.1) is 0 Å². The van der Waals surface area contributed by atoms with Gasteiger partial charge in [0.05, 0.1) is 13.0 Å². The molecule has 0 saturated carbocycles. The molecule has 0 aliphatic carbocycles. The van der Waals surface area contributed by atoms with Crippen LogP contribution in [0.1, 0.15) is 116 Å². The molecule has 2 N–H and O–H groups in total. The summed E-state index contributed by atoms with van der Waals surface area (Å²) in [5.41, 5.74) is 0. The van der Waals surface area contributed by atoms with Gasteiger partial charge in [-0.1, -0.05) is 103 Å². The van der Waals surface area contributed by atoms with Crippen molar-refractivity contribution in [3.63, 3.8) is 0 Å². The van der Waals surface area contributed by atoms with Gasteiger partial charge in [-0.05, 0) is 6.42 Å². The van der Waals surface area contributed by atoms with Gasteiger partial charge in [0.2, 0.25) is 0 Å². The van der Waals surface area contributed by atoms with Crippen LogP contribution in [0.25, 0.3) is 0 Å². The molecular formula is C24H48K2O8S. The van der Waals surface area contributed by atoms with E-state index < -0.39 is 33.7 Å². The molecule has 0 aromatic rings. The number of rotatable bonds is 24. The fourth-order valence-corrected chi connectivity index (χ4v) is 4.28. The van der Waals surface area contributed by atoms with E-state index in [0.717, 1.165) is 12.8 Å². The predicted molar refractivity (Wildman–Crippen MR) is 143 cm³/mol. The zero-order valence-electron chi connectivity index (χ0n) is 20.5. The molecule has 0 aliphatic rings. The average Bonchev–Trinajstić information content (AvgIpc) is 2.75. The fourth-order valence-electron chi connectivity index (χ4n) is 3.62. The first-order valence-corrected chi connectivity index (χ1v) is 14.2. The number of aliphatic carboxylic acids is 1. The molecule has 0 aliphatic heterocycles. The maximum absolute atomic E-state index is 11.6. The van der Waals surface area contributed by atoms with E-state index in [9.17, 15) is 18.0 Å². The Hall–Kier alpha value is 2.08. The first-order chi connectivity index (χ1) is 15.8. The van der Waals surface area contributed by atoms with Crippen molar-refractivity contribution >= 4 is 125 Å². The normalized spacial score (nSPS) is 11.8. The van der Waals surface area contributed by atoms with Crippen LogP contribution in [0.4, 0.5) is 0 Å². The van der Waals surface area contributed by atoms with Crippen LogP contribution >= 0.6 is 0 Å². The Labute approximate surface area is 298 Å². The first kappa shape index (κ1) is 41.6. The second-order valence-corrected chi connectivity index (χ2v) is 10.3. The van der Waals surface area contributed by atoms with E-state index in [-0.39, 0.29) is 116 Å². The summed E-state index contributed by atoms with van der Waals surface area (Å²) >= 11 is 0. The summed E-state index contributed by atoms with van der Waals surface area (Å²) < 4.78 is 41.1. The molecule has 1 atom stereocenters. The van der Waals surface area contributed by atoms with Gasteiger partial charge in [0, 0.05) is 6.61 Å². The number of carbonyl (C=O) groups excluding carboxylic acids is 1. The first-order valence-electron chi connectivity index (χ1n) is 12.7. The molecule has 0 rings (SSSR count). The molecule has 0 aromatic heterocycles. The quantitative estimate of drug-likeness (QED) is 0.0758. The monoisotopic (exact) mass is 574 g/mol. The standard InChI is InChI=1S/C24H46O8S.2K.2H/c1-2-3-4-5-6-7-8-9-10-11-12-13-14-15-16-17-18-31-19-20-32-24(27)22(21-23(25)26)33(28,29)30;;;;/h22H,2-21H2,1H3,(H,25,26)(H,28,29,30);;;;. The third-order valence-corrected chi connectivity index (χ3v) is 6.67. The summed E-state index contributed by atoms with van der Waals surface area (Å²) in [4.78, 5) is 22.2. The van der Waals surface area contributed by atoms with Gasteiger partial charge < -0.3 is 14.6 Å². The van der Waals surface area contributed by atoms with E-state index in [1.54, 1.807) is 0 Å². The van der Waals surface area contributed by atoms with Crippen molar-refractivity contribution < 1.29 is 37.1 Å². The number of hydrogen-bond donors (Lipinski definition) is 2. The topological polar surface area (TPSA) is 127 Å². The van der Waals surface area contributed by atoms with Crippen LogP contribution in [0.15, 0.2) is 0 Å². The maximum atomic E-state index is 11.6. The zero-order chi connectivity index (χ0) is 24.8. The van der Waals surface area contributed by atoms with E-state index in [0.29, 0.717) is 6.61 Å².